The van der Waals surface area contributed by atoms with Crippen LogP contribution < -0.4 is 11.1 Å². The maximum absolute atomic E-state index is 12.7. The molecule has 27 heavy (non-hydrogen) atoms. The minimum Gasteiger partial charge on any atom is -0.366 e. The zero-order valence-electron chi connectivity index (χ0n) is 15.0. The van der Waals surface area contributed by atoms with Gasteiger partial charge in [-0.15, -0.1) is 11.8 Å². The summed E-state index contributed by atoms with van der Waals surface area (Å²) < 4.78 is 5.19. The second-order valence-electron chi connectivity index (χ2n) is 5.99. The van der Waals surface area contributed by atoms with Crippen LogP contribution in [0.4, 0.5) is 5.69 Å². The molecule has 3 aromatic rings. The Morgan fingerprint density at radius 3 is 2.63 bits per heavy atom. The number of rotatable bonds is 6. The number of anilines is 1. The zero-order valence-corrected chi connectivity index (χ0v) is 15.8. The number of nitrogens with one attached hydrogen (secondary N) is 1. The highest BCUT2D eigenvalue weighted by molar-refractivity contribution is 7.98. The van der Waals surface area contributed by atoms with Crippen LogP contribution in [0, 0.1) is 13.8 Å². The lowest BCUT2D eigenvalue weighted by Gasteiger charge is -2.10. The fourth-order valence-corrected chi connectivity index (χ4v) is 3.79. The van der Waals surface area contributed by atoms with E-state index in [1.807, 2.05) is 32.0 Å². The van der Waals surface area contributed by atoms with Crippen molar-refractivity contribution >= 4 is 29.3 Å². The first kappa shape index (κ1) is 18.7. The first-order valence-electron chi connectivity index (χ1n) is 8.30. The molecule has 1 aromatic heterocycles. The van der Waals surface area contributed by atoms with E-state index in [4.69, 9.17) is 10.3 Å². The Labute approximate surface area is 161 Å². The summed E-state index contributed by atoms with van der Waals surface area (Å²) in [6, 6.07) is 13.9. The largest absolute Gasteiger partial charge is 0.366 e. The molecule has 0 saturated heterocycles. The lowest BCUT2D eigenvalue weighted by atomic mass is 10.1. The molecule has 0 aliphatic rings. The van der Waals surface area contributed by atoms with E-state index in [0.29, 0.717) is 22.6 Å². The lowest BCUT2D eigenvalue weighted by molar-refractivity contribution is 0.0995. The van der Waals surface area contributed by atoms with Gasteiger partial charge in [0.05, 0.1) is 11.3 Å². The topological polar surface area (TPSA) is 98.2 Å². The molecule has 0 radical (unpaired) electrons. The van der Waals surface area contributed by atoms with Crippen molar-refractivity contribution in [3.8, 4) is 0 Å². The smallest absolute Gasteiger partial charge is 0.256 e. The van der Waals surface area contributed by atoms with Crippen molar-refractivity contribution in [2.75, 3.05) is 5.32 Å². The van der Waals surface area contributed by atoms with E-state index >= 15 is 0 Å². The van der Waals surface area contributed by atoms with E-state index in [1.54, 1.807) is 42.1 Å². The highest BCUT2D eigenvalue weighted by Gasteiger charge is 2.15. The second kappa shape index (κ2) is 8.09. The van der Waals surface area contributed by atoms with Crippen LogP contribution in [0.25, 0.3) is 0 Å². The Hall–Kier alpha value is -3.06. The molecule has 2 amide bonds. The molecular weight excluding hydrogens is 362 g/mol. The molecule has 0 saturated carbocycles. The third-order valence-corrected chi connectivity index (χ3v) is 5.19. The van der Waals surface area contributed by atoms with E-state index in [9.17, 15) is 9.59 Å². The fraction of sp³-hybridized carbons (Fsp3) is 0.150. The van der Waals surface area contributed by atoms with E-state index in [-0.39, 0.29) is 5.91 Å². The van der Waals surface area contributed by atoms with Crippen molar-refractivity contribution in [2.24, 2.45) is 5.73 Å². The standard InChI is InChI=1S/C20H19N3O3S/c1-12-17(13(2)26-23-12)11-27-18-9-4-3-8-16(18)20(25)22-15-7-5-6-14(10-15)19(21)24/h3-10H,11H2,1-2H3,(H2,21,24)(H,22,25). The van der Waals surface area contributed by atoms with Gasteiger partial charge in [-0.05, 0) is 44.2 Å². The quantitative estimate of drug-likeness (QED) is 0.630. The van der Waals surface area contributed by atoms with Gasteiger partial charge in [0.15, 0.2) is 0 Å². The number of hydrogen-bond donors (Lipinski definition) is 2. The first-order chi connectivity index (χ1) is 13.0. The molecule has 3 N–H and O–H groups in total. The van der Waals surface area contributed by atoms with E-state index in [0.717, 1.165) is 21.9 Å². The molecule has 7 heteroatoms. The molecule has 0 unspecified atom stereocenters. The summed E-state index contributed by atoms with van der Waals surface area (Å²) in [4.78, 5) is 24.9. The van der Waals surface area contributed by atoms with Gasteiger partial charge >= 0.3 is 0 Å². The van der Waals surface area contributed by atoms with E-state index < -0.39 is 5.91 Å². The Balaban J connectivity index is 1.78. The number of nitrogens with zero attached hydrogens (tertiary/aromatic N) is 1. The van der Waals surface area contributed by atoms with Gasteiger partial charge < -0.3 is 15.6 Å². The van der Waals surface area contributed by atoms with Crippen molar-refractivity contribution in [1.29, 1.82) is 0 Å². The van der Waals surface area contributed by atoms with Crippen LogP contribution in [0.1, 0.15) is 37.7 Å². The number of benzene rings is 2. The fourth-order valence-electron chi connectivity index (χ4n) is 2.59. The van der Waals surface area contributed by atoms with E-state index in [2.05, 4.69) is 10.5 Å². The Kier molecular flexibility index (Phi) is 5.61. The van der Waals surface area contributed by atoms with Gasteiger partial charge in [0.2, 0.25) is 5.91 Å². The van der Waals surface area contributed by atoms with Crippen LogP contribution in [0.2, 0.25) is 0 Å². The number of amides is 2. The minimum atomic E-state index is -0.540. The Morgan fingerprint density at radius 1 is 1.15 bits per heavy atom. The monoisotopic (exact) mass is 381 g/mol. The summed E-state index contributed by atoms with van der Waals surface area (Å²) in [7, 11) is 0. The maximum Gasteiger partial charge on any atom is 0.256 e. The third-order valence-electron chi connectivity index (χ3n) is 4.09. The predicted octanol–water partition coefficient (Wildman–Crippen LogP) is 3.93. The summed E-state index contributed by atoms with van der Waals surface area (Å²) >= 11 is 1.55. The summed E-state index contributed by atoms with van der Waals surface area (Å²) in [6.45, 7) is 3.77. The van der Waals surface area contributed by atoms with Gasteiger partial charge in [-0.1, -0.05) is 23.4 Å². The van der Waals surface area contributed by atoms with Crippen molar-refractivity contribution in [1.82, 2.24) is 5.16 Å². The third kappa shape index (κ3) is 4.38. The molecule has 6 nitrogen and oxygen atoms in total. The molecule has 0 aliphatic carbocycles. The van der Waals surface area contributed by atoms with Gasteiger partial charge in [0.1, 0.15) is 5.76 Å². The van der Waals surface area contributed by atoms with Gasteiger partial charge in [-0.3, -0.25) is 9.59 Å². The van der Waals surface area contributed by atoms with Crippen LogP contribution >= 0.6 is 11.8 Å². The van der Waals surface area contributed by atoms with Crippen LogP contribution in [-0.2, 0) is 5.75 Å². The van der Waals surface area contributed by atoms with Crippen LogP contribution in [0.3, 0.4) is 0 Å². The molecule has 3 rings (SSSR count). The molecule has 2 aromatic carbocycles. The van der Waals surface area contributed by atoms with E-state index in [1.165, 1.54) is 0 Å². The van der Waals surface area contributed by atoms with Crippen LogP contribution in [0.5, 0.6) is 0 Å². The number of aryl methyl sites for hydroxylation is 2. The molecule has 0 fully saturated rings. The maximum atomic E-state index is 12.7. The van der Waals surface area contributed by atoms with Gasteiger partial charge in [-0.25, -0.2) is 0 Å². The Bertz CT molecular complexity index is 978. The normalized spacial score (nSPS) is 10.6. The summed E-state index contributed by atoms with van der Waals surface area (Å²) in [5.74, 6) is 0.646. The van der Waals surface area contributed by atoms with Gasteiger partial charge in [0.25, 0.3) is 5.91 Å². The summed E-state index contributed by atoms with van der Waals surface area (Å²) in [5.41, 5.74) is 8.59. The average molecular weight is 381 g/mol. The number of aromatic nitrogens is 1. The summed E-state index contributed by atoms with van der Waals surface area (Å²) in [6.07, 6.45) is 0. The van der Waals surface area contributed by atoms with Gasteiger partial charge in [-0.2, -0.15) is 0 Å². The number of carbonyl (C=O) groups is 2. The Morgan fingerprint density at radius 2 is 1.93 bits per heavy atom. The highest BCUT2D eigenvalue weighted by atomic mass is 32.2. The molecule has 0 bridgehead atoms. The van der Waals surface area contributed by atoms with Crippen molar-refractivity contribution in [3.63, 3.8) is 0 Å². The summed E-state index contributed by atoms with van der Waals surface area (Å²) in [5, 5.41) is 6.78. The molecule has 0 aliphatic heterocycles. The van der Waals surface area contributed by atoms with Crippen molar-refractivity contribution in [2.45, 2.75) is 24.5 Å². The molecule has 0 spiro atoms. The predicted molar refractivity (Wildman–Crippen MR) is 105 cm³/mol. The number of carbonyl (C=O) groups excluding carboxylic acids is 2. The number of primary amides is 1. The highest BCUT2D eigenvalue weighted by Crippen LogP contribution is 2.29. The van der Waals surface area contributed by atoms with Gasteiger partial charge in [0, 0.05) is 27.5 Å². The van der Waals surface area contributed by atoms with Crippen molar-refractivity contribution in [3.05, 3.63) is 76.7 Å². The van der Waals surface area contributed by atoms with Crippen molar-refractivity contribution < 1.29 is 14.1 Å². The first-order valence-corrected chi connectivity index (χ1v) is 9.29. The minimum absolute atomic E-state index is 0.251. The number of nitrogens with two attached hydrogens (primary N) is 1. The SMILES string of the molecule is Cc1noc(C)c1CSc1ccccc1C(=O)Nc1cccc(C(N)=O)c1. The number of thioether (sulfide) groups is 1. The number of hydrogen-bond acceptors (Lipinski definition) is 5. The van der Waals surface area contributed by atoms with Crippen LogP contribution in [-0.4, -0.2) is 17.0 Å². The second-order valence-corrected chi connectivity index (χ2v) is 7.00. The lowest BCUT2D eigenvalue weighted by Crippen LogP contribution is -2.15. The molecule has 138 valence electrons. The molecular formula is C20H19N3O3S. The van der Waals surface area contributed by atoms with Crippen LogP contribution in [0.15, 0.2) is 57.9 Å². The zero-order chi connectivity index (χ0) is 19.4. The average Bonchev–Trinajstić information content (AvgIpc) is 2.98. The molecule has 0 atom stereocenters. The molecule has 1 heterocycles.